The summed E-state index contributed by atoms with van der Waals surface area (Å²) in [4.78, 5) is 49.5. The van der Waals surface area contributed by atoms with Crippen LogP contribution in [-0.4, -0.2) is 54.8 Å². The van der Waals surface area contributed by atoms with Crippen molar-refractivity contribution in [2.45, 2.75) is 54.4 Å². The van der Waals surface area contributed by atoms with Gasteiger partial charge in [-0.25, -0.2) is 15.0 Å². The molecule has 14 nitrogen and oxygen atoms in total. The molecule has 17 heteroatoms. The molecular formula is C99H71Ir3N11O3-6. The van der Waals surface area contributed by atoms with Crippen LogP contribution in [0.1, 0.15) is 53.8 Å². The second-order valence-corrected chi connectivity index (χ2v) is 27.2. The zero-order chi connectivity index (χ0) is 77.2. The van der Waals surface area contributed by atoms with Gasteiger partial charge >= 0.3 is 0 Å². The fourth-order valence-electron chi connectivity index (χ4n) is 13.1. The molecule has 0 atom stereocenters. The molecule has 21 aromatic rings. The quantitative estimate of drug-likeness (QED) is 0.137. The Balaban J connectivity index is 0.000000124. The van der Waals surface area contributed by atoms with Crippen molar-refractivity contribution in [1.82, 2.24) is 54.8 Å². The first kappa shape index (κ1) is 81.3. The van der Waals surface area contributed by atoms with Crippen LogP contribution in [0.15, 0.2) is 311 Å². The van der Waals surface area contributed by atoms with E-state index in [1.807, 2.05) is 296 Å². The topological polar surface area (TPSA) is 181 Å². The molecular weight excluding hydrogens is 1970 g/mol. The molecule has 12 aromatic heterocycles. The molecule has 0 saturated carbocycles. The van der Waals surface area contributed by atoms with Crippen LogP contribution in [0.25, 0.3) is 167 Å². The molecule has 0 amide bonds. The summed E-state index contributed by atoms with van der Waals surface area (Å²) in [5, 5.41) is 10.4. The Morgan fingerprint density at radius 2 is 0.681 bits per heavy atom. The van der Waals surface area contributed by atoms with E-state index < -0.39 is 0 Å². The molecule has 0 fully saturated rings. The van der Waals surface area contributed by atoms with Crippen LogP contribution >= 0.6 is 0 Å². The molecule has 0 N–H and O–H groups in total. The summed E-state index contributed by atoms with van der Waals surface area (Å²) in [7, 11) is 0. The first-order valence-electron chi connectivity index (χ1n) is 37.0. The van der Waals surface area contributed by atoms with Crippen LogP contribution in [0.3, 0.4) is 0 Å². The van der Waals surface area contributed by atoms with Gasteiger partial charge in [-0.1, -0.05) is 144 Å². The third kappa shape index (κ3) is 18.6. The zero-order valence-electron chi connectivity index (χ0n) is 64.0. The number of furan rings is 3. The summed E-state index contributed by atoms with van der Waals surface area (Å²) in [6.45, 7) is 14.3. The van der Waals surface area contributed by atoms with Crippen molar-refractivity contribution in [3.8, 4) is 67.8 Å². The van der Waals surface area contributed by atoms with Crippen molar-refractivity contribution < 1.29 is 73.6 Å². The number of hydrogen-bond acceptors (Lipinski definition) is 14. The minimum Gasteiger partial charge on any atom is -0.486 e. The molecule has 0 saturated heterocycles. The molecule has 3 radical (unpaired) electrons. The van der Waals surface area contributed by atoms with Crippen molar-refractivity contribution in [2.75, 3.05) is 0 Å². The van der Waals surface area contributed by atoms with Crippen LogP contribution in [0.4, 0.5) is 0 Å². The molecule has 0 spiro atoms. The summed E-state index contributed by atoms with van der Waals surface area (Å²) < 4.78 is 18.1. The number of pyridine rings is 7. The van der Waals surface area contributed by atoms with E-state index in [1.54, 1.807) is 6.20 Å². The van der Waals surface area contributed by atoms with Gasteiger partial charge in [0.15, 0.2) is 0 Å². The third-order valence-corrected chi connectivity index (χ3v) is 18.8. The van der Waals surface area contributed by atoms with Crippen molar-refractivity contribution in [1.29, 1.82) is 0 Å². The Labute approximate surface area is 711 Å². The average molecular weight is 2040 g/mol. The van der Waals surface area contributed by atoms with Crippen LogP contribution in [0, 0.1) is 71.0 Å². The van der Waals surface area contributed by atoms with Crippen molar-refractivity contribution >= 4 is 98.8 Å². The average Bonchev–Trinajstić information content (AvgIpc) is 1.61. The normalized spacial score (nSPS) is 10.8. The first-order chi connectivity index (χ1) is 55.4. The number of aromatic nitrogens is 11. The third-order valence-electron chi connectivity index (χ3n) is 18.8. The SMILES string of the molecule is Cc1ccc2c(n1)oc1c(-c3cc4cc(C(C)C)ccc4cn3)[c-]ccc12.Cc1ccc2c(n1)oc1c(-c3ncc4ccccc4n3)[c-]ccc12.Cc1ccc2c(n1)oc1c(-c3ncc4ccccc4n3)[c-]ccc12.Cc1cccc(-c2[c-]cccc2)n1.Cc1cccc(-c2[c-]cccc2)n1.[Ir].[Ir].[Ir].[c-]1ccccc1-c1ccccn1. The molecule has 21 rings (SSSR count). The van der Waals surface area contributed by atoms with Gasteiger partial charge < -0.3 is 33.2 Å². The fourth-order valence-corrected chi connectivity index (χ4v) is 13.1. The van der Waals surface area contributed by atoms with E-state index in [1.165, 1.54) is 10.9 Å². The predicted molar refractivity (Wildman–Crippen MR) is 452 cm³/mol. The monoisotopic (exact) mass is 2040 g/mol. The first-order valence-corrected chi connectivity index (χ1v) is 37.0. The van der Waals surface area contributed by atoms with E-state index in [9.17, 15) is 0 Å². The van der Waals surface area contributed by atoms with E-state index in [0.29, 0.717) is 34.7 Å². The smallest absolute Gasteiger partial charge is 0.216 e. The second kappa shape index (κ2) is 37.5. The number of fused-ring (bicyclic) bond motifs is 12. The van der Waals surface area contributed by atoms with E-state index in [4.69, 9.17) is 13.3 Å². The summed E-state index contributed by atoms with van der Waals surface area (Å²) in [6, 6.07) is 109. The van der Waals surface area contributed by atoms with E-state index in [2.05, 4.69) is 135 Å². The van der Waals surface area contributed by atoms with Gasteiger partial charge in [0.2, 0.25) is 17.1 Å². The van der Waals surface area contributed by atoms with Crippen LogP contribution in [-0.2, 0) is 60.3 Å². The maximum atomic E-state index is 6.11. The second-order valence-electron chi connectivity index (χ2n) is 27.2. The molecule has 0 aliphatic carbocycles. The van der Waals surface area contributed by atoms with Gasteiger partial charge in [0.05, 0.1) is 39.4 Å². The number of rotatable bonds is 7. The summed E-state index contributed by atoms with van der Waals surface area (Å²) in [5.41, 5.74) is 21.5. The minimum atomic E-state index is 0. The standard InChI is InChI=1S/C24H19N2O.2C20H12N3O.2C12H10N.C11H8N.3Ir/c1-14(2)16-8-9-17-13-25-22(12-18(17)11-16)21-6-4-5-19-20-10-7-15(3)26-24(20)27-23(19)21;2*1-12-9-10-15-14-6-4-7-16(18(14)24-20(15)22-12)19-21-11-13-5-2-3-8-17(13)23-19;2*1-10-6-5-9-12(13-10)11-7-3-2-4-8-11;1-2-6-10(7-3-1)11-8-4-5-9-12-11;;;/h4-5,7-14H,1-3H3;2*2-6,8-11H,1H3;2*2-7,9H,1H3;1-6,8-9H;;;/q6*-1;;;. The molecule has 0 bridgehead atoms. The Kier molecular flexibility index (Phi) is 26.3. The van der Waals surface area contributed by atoms with Crippen molar-refractivity contribution in [3.63, 3.8) is 0 Å². The zero-order valence-corrected chi connectivity index (χ0v) is 71.2. The number of nitrogens with zero attached hydrogens (tertiary/aromatic N) is 11. The molecule has 0 aliphatic heterocycles. The summed E-state index contributed by atoms with van der Waals surface area (Å²) in [6.07, 6.45) is 7.37. The van der Waals surface area contributed by atoms with Gasteiger partial charge in [-0.2, -0.15) is 0 Å². The number of benzene rings is 9. The number of aryl methyl sites for hydroxylation is 5. The number of hydrogen-bond donors (Lipinski definition) is 0. The molecule has 0 aliphatic rings. The molecule has 12 heterocycles. The van der Waals surface area contributed by atoms with Gasteiger partial charge in [0.25, 0.3) is 0 Å². The Morgan fingerprint density at radius 3 is 1.11 bits per heavy atom. The molecule has 9 aromatic carbocycles. The summed E-state index contributed by atoms with van der Waals surface area (Å²) >= 11 is 0. The van der Waals surface area contributed by atoms with Crippen molar-refractivity contribution in [3.05, 3.63) is 368 Å². The molecule has 573 valence electrons. The maximum absolute atomic E-state index is 6.11. The van der Waals surface area contributed by atoms with E-state index >= 15 is 0 Å². The maximum Gasteiger partial charge on any atom is 0.216 e. The van der Waals surface area contributed by atoms with Gasteiger partial charge in [0.1, 0.15) is 0 Å². The van der Waals surface area contributed by atoms with Gasteiger partial charge in [-0.05, 0) is 146 Å². The van der Waals surface area contributed by atoms with E-state index in [0.717, 1.165) is 161 Å². The Hall–Kier alpha value is -12.7. The molecule has 0 unspecified atom stereocenters. The van der Waals surface area contributed by atoms with Crippen LogP contribution in [0.2, 0.25) is 0 Å². The number of para-hydroxylation sites is 2. The van der Waals surface area contributed by atoms with E-state index in [-0.39, 0.29) is 60.3 Å². The van der Waals surface area contributed by atoms with Gasteiger partial charge in [0, 0.05) is 141 Å². The molecule has 116 heavy (non-hydrogen) atoms. The predicted octanol–water partition coefficient (Wildman–Crippen LogP) is 24.1. The minimum absolute atomic E-state index is 0. The van der Waals surface area contributed by atoms with Gasteiger partial charge in [-0.15, -0.1) is 162 Å². The van der Waals surface area contributed by atoms with Crippen LogP contribution in [0.5, 0.6) is 0 Å². The van der Waals surface area contributed by atoms with Crippen LogP contribution < -0.4 is 0 Å². The Morgan fingerprint density at radius 1 is 0.276 bits per heavy atom. The Bertz CT molecular complexity index is 6640. The van der Waals surface area contributed by atoms with Crippen molar-refractivity contribution in [2.24, 2.45) is 0 Å². The summed E-state index contributed by atoms with van der Waals surface area (Å²) in [5.74, 6) is 1.70. The fraction of sp³-hybridized carbons (Fsp3) is 0.0808. The van der Waals surface area contributed by atoms with Gasteiger partial charge in [-0.3, -0.25) is 19.9 Å². The largest absolute Gasteiger partial charge is 0.486 e.